The van der Waals surface area contributed by atoms with Crippen LogP contribution in [0.25, 0.3) is 0 Å². The number of hydrogen-bond donors (Lipinski definition) is 2. The molecule has 3 rings (SSSR count). The summed E-state index contributed by atoms with van der Waals surface area (Å²) in [5.41, 5.74) is 1.32. The van der Waals surface area contributed by atoms with Crippen molar-refractivity contribution in [1.82, 2.24) is 5.32 Å². The molecule has 0 bridgehead atoms. The first kappa shape index (κ1) is 15.8. The fourth-order valence-corrected chi connectivity index (χ4v) is 2.54. The lowest BCUT2D eigenvalue weighted by molar-refractivity contribution is 0.0951. The Morgan fingerprint density at radius 1 is 0.957 bits per heavy atom. The summed E-state index contributed by atoms with van der Waals surface area (Å²) in [6, 6.07) is 11.7. The first-order chi connectivity index (χ1) is 11.0. The van der Waals surface area contributed by atoms with Crippen molar-refractivity contribution in [1.29, 1.82) is 0 Å². The van der Waals surface area contributed by atoms with Gasteiger partial charge in [0.1, 0.15) is 0 Å². The summed E-state index contributed by atoms with van der Waals surface area (Å²) in [6.07, 6.45) is 2.03. The number of carbonyl (C=O) groups excluding carboxylic acids is 2. The van der Waals surface area contributed by atoms with Gasteiger partial charge in [-0.15, -0.1) is 0 Å². The maximum absolute atomic E-state index is 12.3. The number of benzene rings is 2. The number of amides is 2. The molecule has 1 aliphatic rings. The molecule has 0 saturated heterocycles. The second-order valence-electron chi connectivity index (χ2n) is 5.41. The van der Waals surface area contributed by atoms with Crippen molar-refractivity contribution in [2.24, 2.45) is 0 Å². The average molecular weight is 349 g/mol. The zero-order chi connectivity index (χ0) is 16.4. The summed E-state index contributed by atoms with van der Waals surface area (Å²) in [5, 5.41) is 6.45. The Kier molecular flexibility index (Phi) is 4.55. The highest BCUT2D eigenvalue weighted by Gasteiger charge is 2.24. The van der Waals surface area contributed by atoms with Crippen molar-refractivity contribution in [2.45, 2.75) is 18.9 Å². The average Bonchev–Trinajstić information content (AvgIpc) is 3.34. The second kappa shape index (κ2) is 6.60. The van der Waals surface area contributed by atoms with E-state index in [2.05, 4.69) is 10.6 Å². The summed E-state index contributed by atoms with van der Waals surface area (Å²) < 4.78 is 0. The summed E-state index contributed by atoms with van der Waals surface area (Å²) >= 11 is 11.9. The molecule has 0 aliphatic heterocycles. The molecule has 2 aromatic rings. The summed E-state index contributed by atoms with van der Waals surface area (Å²) in [4.78, 5) is 24.4. The molecule has 1 saturated carbocycles. The topological polar surface area (TPSA) is 58.2 Å². The van der Waals surface area contributed by atoms with E-state index >= 15 is 0 Å². The third kappa shape index (κ3) is 4.03. The van der Waals surface area contributed by atoms with Gasteiger partial charge in [0.15, 0.2) is 0 Å². The molecule has 2 aromatic carbocycles. The van der Waals surface area contributed by atoms with Crippen molar-refractivity contribution >= 4 is 40.7 Å². The van der Waals surface area contributed by atoms with Gasteiger partial charge in [-0.05, 0) is 49.2 Å². The van der Waals surface area contributed by atoms with E-state index in [4.69, 9.17) is 23.2 Å². The molecule has 0 aromatic heterocycles. The molecule has 1 fully saturated rings. The van der Waals surface area contributed by atoms with Gasteiger partial charge in [0.2, 0.25) is 0 Å². The van der Waals surface area contributed by atoms with Gasteiger partial charge in [0.05, 0.1) is 10.7 Å². The molecule has 0 heterocycles. The Labute approximate surface area is 143 Å². The van der Waals surface area contributed by atoms with Crippen LogP contribution in [-0.2, 0) is 0 Å². The normalized spacial score (nSPS) is 13.5. The minimum Gasteiger partial charge on any atom is -0.349 e. The lowest BCUT2D eigenvalue weighted by Crippen LogP contribution is -2.25. The number of rotatable bonds is 4. The molecule has 118 valence electrons. The SMILES string of the molecule is O=C(Nc1ccc(Cl)cc1Cl)c1cccc(C(=O)NC2CC2)c1. The molecule has 6 heteroatoms. The maximum Gasteiger partial charge on any atom is 0.255 e. The second-order valence-corrected chi connectivity index (χ2v) is 6.25. The quantitative estimate of drug-likeness (QED) is 0.872. The van der Waals surface area contributed by atoms with Gasteiger partial charge in [0.25, 0.3) is 11.8 Å². The van der Waals surface area contributed by atoms with Crippen LogP contribution >= 0.6 is 23.2 Å². The lowest BCUT2D eigenvalue weighted by atomic mass is 10.1. The van der Waals surface area contributed by atoms with E-state index in [0.717, 1.165) is 12.8 Å². The first-order valence-electron chi connectivity index (χ1n) is 7.20. The monoisotopic (exact) mass is 348 g/mol. The van der Waals surface area contributed by atoms with Crippen LogP contribution in [0.3, 0.4) is 0 Å². The van der Waals surface area contributed by atoms with E-state index in [9.17, 15) is 9.59 Å². The van der Waals surface area contributed by atoms with Crippen molar-refractivity contribution in [3.05, 3.63) is 63.6 Å². The van der Waals surface area contributed by atoms with Crippen molar-refractivity contribution in [3.8, 4) is 0 Å². The Balaban J connectivity index is 1.75. The van der Waals surface area contributed by atoms with Crippen LogP contribution in [0, 0.1) is 0 Å². The highest BCUT2D eigenvalue weighted by Crippen LogP contribution is 2.26. The molecule has 23 heavy (non-hydrogen) atoms. The summed E-state index contributed by atoms with van der Waals surface area (Å²) in [5.74, 6) is -0.498. The van der Waals surface area contributed by atoms with Crippen LogP contribution in [0.5, 0.6) is 0 Å². The van der Waals surface area contributed by atoms with Gasteiger partial charge < -0.3 is 10.6 Å². The molecule has 1 aliphatic carbocycles. The number of halogens is 2. The molecule has 0 atom stereocenters. The number of carbonyl (C=O) groups is 2. The van der Waals surface area contributed by atoms with Gasteiger partial charge in [0, 0.05) is 22.2 Å². The highest BCUT2D eigenvalue weighted by molar-refractivity contribution is 6.36. The Hall–Kier alpha value is -2.04. The number of nitrogens with one attached hydrogen (secondary N) is 2. The minimum atomic E-state index is -0.338. The van der Waals surface area contributed by atoms with Gasteiger partial charge in [-0.2, -0.15) is 0 Å². The molecule has 0 spiro atoms. The van der Waals surface area contributed by atoms with E-state index in [0.29, 0.717) is 26.9 Å². The smallest absolute Gasteiger partial charge is 0.255 e. The van der Waals surface area contributed by atoms with Crippen LogP contribution in [0.15, 0.2) is 42.5 Å². The highest BCUT2D eigenvalue weighted by atomic mass is 35.5. The largest absolute Gasteiger partial charge is 0.349 e. The molecule has 2 N–H and O–H groups in total. The predicted molar refractivity (Wildman–Crippen MR) is 91.3 cm³/mol. The summed E-state index contributed by atoms with van der Waals surface area (Å²) in [7, 11) is 0. The molecular formula is C17H14Cl2N2O2. The first-order valence-corrected chi connectivity index (χ1v) is 7.96. The van der Waals surface area contributed by atoms with Crippen LogP contribution in [0.1, 0.15) is 33.6 Å². The van der Waals surface area contributed by atoms with Crippen molar-refractivity contribution in [3.63, 3.8) is 0 Å². The minimum absolute atomic E-state index is 0.160. The lowest BCUT2D eigenvalue weighted by Gasteiger charge is -2.09. The number of anilines is 1. The third-order valence-electron chi connectivity index (χ3n) is 3.48. The molecule has 0 radical (unpaired) electrons. The Morgan fingerprint density at radius 2 is 1.65 bits per heavy atom. The standard InChI is InChI=1S/C17H14Cl2N2O2/c18-12-4-7-15(14(19)9-12)21-17(23)11-3-1-2-10(8-11)16(22)20-13-5-6-13/h1-4,7-9,13H,5-6H2,(H,20,22)(H,21,23). The third-order valence-corrected chi connectivity index (χ3v) is 4.03. The zero-order valence-corrected chi connectivity index (χ0v) is 13.6. The molecular weight excluding hydrogens is 335 g/mol. The number of hydrogen-bond acceptors (Lipinski definition) is 2. The van der Waals surface area contributed by atoms with Crippen LogP contribution in [0.4, 0.5) is 5.69 Å². The van der Waals surface area contributed by atoms with E-state index in [1.807, 2.05) is 0 Å². The molecule has 0 unspecified atom stereocenters. The van der Waals surface area contributed by atoms with E-state index in [1.54, 1.807) is 42.5 Å². The fourth-order valence-electron chi connectivity index (χ4n) is 2.08. The van der Waals surface area contributed by atoms with Crippen LogP contribution in [0.2, 0.25) is 10.0 Å². The Bertz CT molecular complexity index is 773. The predicted octanol–water partition coefficient (Wildman–Crippen LogP) is 4.14. The van der Waals surface area contributed by atoms with Gasteiger partial charge in [-0.25, -0.2) is 0 Å². The molecule has 4 nitrogen and oxygen atoms in total. The summed E-state index contributed by atoms with van der Waals surface area (Å²) in [6.45, 7) is 0. The molecule has 2 amide bonds. The zero-order valence-electron chi connectivity index (χ0n) is 12.1. The van der Waals surface area contributed by atoms with Crippen molar-refractivity contribution in [2.75, 3.05) is 5.32 Å². The maximum atomic E-state index is 12.3. The van der Waals surface area contributed by atoms with Gasteiger partial charge in [-0.1, -0.05) is 29.3 Å². The van der Waals surface area contributed by atoms with E-state index in [1.165, 1.54) is 0 Å². The van der Waals surface area contributed by atoms with Gasteiger partial charge >= 0.3 is 0 Å². The van der Waals surface area contributed by atoms with E-state index in [-0.39, 0.29) is 17.9 Å². The van der Waals surface area contributed by atoms with E-state index < -0.39 is 0 Å². The van der Waals surface area contributed by atoms with Crippen LogP contribution < -0.4 is 10.6 Å². The fraction of sp³-hybridized carbons (Fsp3) is 0.176. The van der Waals surface area contributed by atoms with Gasteiger partial charge in [-0.3, -0.25) is 9.59 Å². The Morgan fingerprint density at radius 3 is 2.30 bits per heavy atom. The van der Waals surface area contributed by atoms with Crippen LogP contribution in [-0.4, -0.2) is 17.9 Å². The van der Waals surface area contributed by atoms with Crippen molar-refractivity contribution < 1.29 is 9.59 Å².